The second kappa shape index (κ2) is 12.0. The predicted molar refractivity (Wildman–Crippen MR) is 119 cm³/mol. The lowest BCUT2D eigenvalue weighted by atomic mass is 10.1. The average molecular weight is 489 g/mol. The molecule has 5 nitrogen and oxygen atoms in total. The molecule has 0 aliphatic carbocycles. The van der Waals surface area contributed by atoms with Gasteiger partial charge in [-0.25, -0.2) is 4.98 Å². The number of aryl methyl sites for hydroxylation is 2. The fourth-order valence-corrected chi connectivity index (χ4v) is 2.57. The smallest absolute Gasteiger partial charge is 0.191 e. The van der Waals surface area contributed by atoms with E-state index in [9.17, 15) is 0 Å². The summed E-state index contributed by atoms with van der Waals surface area (Å²) in [7, 11) is 1.75. The van der Waals surface area contributed by atoms with Crippen molar-refractivity contribution in [2.75, 3.05) is 26.7 Å². The van der Waals surface area contributed by atoms with Gasteiger partial charge in [0.15, 0.2) is 5.96 Å². The number of halogens is 2. The van der Waals surface area contributed by atoms with Crippen LogP contribution in [0.2, 0.25) is 5.15 Å². The molecule has 0 saturated carbocycles. The number of benzene rings is 1. The van der Waals surface area contributed by atoms with E-state index >= 15 is 0 Å². The number of guanidine groups is 1. The molecule has 0 aliphatic rings. The highest BCUT2D eigenvalue weighted by Crippen LogP contribution is 2.15. The van der Waals surface area contributed by atoms with Gasteiger partial charge in [-0.05, 0) is 55.2 Å². The summed E-state index contributed by atoms with van der Waals surface area (Å²) >= 11 is 5.78. The number of aromatic nitrogens is 1. The summed E-state index contributed by atoms with van der Waals surface area (Å²) in [6.45, 7) is 6.15. The molecule has 26 heavy (non-hydrogen) atoms. The number of ether oxygens (including phenoxy) is 1. The third-order valence-electron chi connectivity index (χ3n) is 3.58. The summed E-state index contributed by atoms with van der Waals surface area (Å²) in [5, 5.41) is 7.03. The molecule has 142 valence electrons. The van der Waals surface area contributed by atoms with Gasteiger partial charge >= 0.3 is 0 Å². The summed E-state index contributed by atoms with van der Waals surface area (Å²) in [5.74, 6) is 1.66. The Morgan fingerprint density at radius 3 is 2.42 bits per heavy atom. The Labute approximate surface area is 177 Å². The topological polar surface area (TPSA) is 58.5 Å². The molecule has 0 radical (unpaired) electrons. The summed E-state index contributed by atoms with van der Waals surface area (Å²) in [4.78, 5) is 8.28. The van der Waals surface area contributed by atoms with Crippen molar-refractivity contribution in [3.63, 3.8) is 0 Å². The third kappa shape index (κ3) is 8.23. The molecule has 1 heterocycles. The first-order valence-electron chi connectivity index (χ1n) is 8.33. The van der Waals surface area contributed by atoms with E-state index in [-0.39, 0.29) is 24.0 Å². The van der Waals surface area contributed by atoms with Crippen LogP contribution in [0.15, 0.2) is 41.5 Å². The first-order valence-corrected chi connectivity index (χ1v) is 8.70. The SMILES string of the molecule is CN=C(NCCOc1cc(C)cc(C)c1)NCCc1ccc(Cl)nc1.I. The quantitative estimate of drug-likeness (QED) is 0.205. The molecule has 0 fully saturated rings. The normalized spacial score (nSPS) is 10.8. The van der Waals surface area contributed by atoms with E-state index in [2.05, 4.69) is 40.5 Å². The molecule has 0 atom stereocenters. The number of pyridine rings is 1. The van der Waals surface area contributed by atoms with Crippen molar-refractivity contribution >= 4 is 41.5 Å². The number of rotatable bonds is 7. The van der Waals surface area contributed by atoms with Crippen LogP contribution in [0.4, 0.5) is 0 Å². The lowest BCUT2D eigenvalue weighted by Gasteiger charge is -2.13. The van der Waals surface area contributed by atoms with E-state index < -0.39 is 0 Å². The van der Waals surface area contributed by atoms with Crippen molar-refractivity contribution in [1.29, 1.82) is 0 Å². The van der Waals surface area contributed by atoms with Crippen molar-refractivity contribution in [3.05, 3.63) is 58.4 Å². The zero-order valence-electron chi connectivity index (χ0n) is 15.4. The van der Waals surface area contributed by atoms with Crippen LogP contribution in [0.3, 0.4) is 0 Å². The molecule has 0 saturated heterocycles. The highest BCUT2D eigenvalue weighted by atomic mass is 127. The Kier molecular flexibility index (Phi) is 10.3. The summed E-state index contributed by atoms with van der Waals surface area (Å²) < 4.78 is 5.78. The maximum atomic E-state index is 5.78. The number of hydrogen-bond donors (Lipinski definition) is 2. The summed E-state index contributed by atoms with van der Waals surface area (Å²) in [6, 6.07) is 9.99. The summed E-state index contributed by atoms with van der Waals surface area (Å²) in [5.41, 5.74) is 3.54. The van der Waals surface area contributed by atoms with Crippen LogP contribution in [0.5, 0.6) is 5.75 Å². The van der Waals surface area contributed by atoms with Crippen LogP contribution in [-0.2, 0) is 6.42 Å². The van der Waals surface area contributed by atoms with Gasteiger partial charge in [0.05, 0.1) is 6.54 Å². The minimum Gasteiger partial charge on any atom is -0.492 e. The van der Waals surface area contributed by atoms with E-state index in [1.165, 1.54) is 11.1 Å². The van der Waals surface area contributed by atoms with Crippen molar-refractivity contribution in [2.24, 2.45) is 4.99 Å². The van der Waals surface area contributed by atoms with Gasteiger partial charge in [0.2, 0.25) is 0 Å². The average Bonchev–Trinajstić information content (AvgIpc) is 2.58. The van der Waals surface area contributed by atoms with E-state index in [1.807, 2.05) is 18.2 Å². The van der Waals surface area contributed by atoms with Gasteiger partial charge in [0, 0.05) is 19.8 Å². The molecule has 0 spiro atoms. The van der Waals surface area contributed by atoms with Gasteiger partial charge in [-0.15, -0.1) is 24.0 Å². The molecule has 2 rings (SSSR count). The molecule has 0 amide bonds. The van der Waals surface area contributed by atoms with E-state index in [0.717, 1.165) is 30.2 Å². The summed E-state index contributed by atoms with van der Waals surface area (Å²) in [6.07, 6.45) is 2.64. The Hall–Kier alpha value is -1.54. The number of nitrogens with zero attached hydrogens (tertiary/aromatic N) is 2. The maximum absolute atomic E-state index is 5.78. The van der Waals surface area contributed by atoms with Crippen molar-refractivity contribution in [1.82, 2.24) is 15.6 Å². The lowest BCUT2D eigenvalue weighted by molar-refractivity contribution is 0.321. The van der Waals surface area contributed by atoms with Crippen molar-refractivity contribution in [2.45, 2.75) is 20.3 Å². The van der Waals surface area contributed by atoms with Crippen LogP contribution >= 0.6 is 35.6 Å². The Morgan fingerprint density at radius 1 is 1.12 bits per heavy atom. The second-order valence-corrected chi connectivity index (χ2v) is 6.22. The van der Waals surface area contributed by atoms with Gasteiger partial charge in [-0.2, -0.15) is 0 Å². The van der Waals surface area contributed by atoms with Gasteiger partial charge < -0.3 is 15.4 Å². The third-order valence-corrected chi connectivity index (χ3v) is 3.80. The number of aliphatic imine (C=N–C) groups is 1. The minimum absolute atomic E-state index is 0. The highest BCUT2D eigenvalue weighted by Gasteiger charge is 2.00. The van der Waals surface area contributed by atoms with Crippen LogP contribution < -0.4 is 15.4 Å². The Balaban J connectivity index is 0.00000338. The molecule has 7 heteroatoms. The lowest BCUT2D eigenvalue weighted by Crippen LogP contribution is -2.40. The molecule has 1 aromatic carbocycles. The molecule has 0 bridgehead atoms. The van der Waals surface area contributed by atoms with E-state index in [4.69, 9.17) is 16.3 Å². The van der Waals surface area contributed by atoms with Crippen LogP contribution in [0.25, 0.3) is 0 Å². The van der Waals surface area contributed by atoms with Gasteiger partial charge in [0.25, 0.3) is 0 Å². The number of nitrogens with one attached hydrogen (secondary N) is 2. The first-order chi connectivity index (χ1) is 12.1. The highest BCUT2D eigenvalue weighted by molar-refractivity contribution is 14.0. The Morgan fingerprint density at radius 2 is 1.81 bits per heavy atom. The molecule has 0 unspecified atom stereocenters. The van der Waals surface area contributed by atoms with Gasteiger partial charge in [-0.3, -0.25) is 4.99 Å². The fourth-order valence-electron chi connectivity index (χ4n) is 2.45. The van der Waals surface area contributed by atoms with E-state index in [1.54, 1.807) is 19.3 Å². The molecular weight excluding hydrogens is 463 g/mol. The standard InChI is InChI=1S/C19H25ClN4O.HI/c1-14-10-15(2)12-17(11-14)25-9-8-23-19(21-3)22-7-6-16-4-5-18(20)24-13-16;/h4-5,10-13H,6-9H2,1-3H3,(H2,21,22,23);1H. The largest absolute Gasteiger partial charge is 0.492 e. The minimum atomic E-state index is 0. The zero-order chi connectivity index (χ0) is 18.1. The molecule has 2 N–H and O–H groups in total. The Bertz CT molecular complexity index is 687. The van der Waals surface area contributed by atoms with E-state index in [0.29, 0.717) is 18.3 Å². The predicted octanol–water partition coefficient (Wildman–Crippen LogP) is 3.76. The van der Waals surface area contributed by atoms with Gasteiger partial charge in [0.1, 0.15) is 17.5 Å². The van der Waals surface area contributed by atoms with Crippen molar-refractivity contribution < 1.29 is 4.74 Å². The zero-order valence-corrected chi connectivity index (χ0v) is 18.5. The van der Waals surface area contributed by atoms with Crippen LogP contribution in [0, 0.1) is 13.8 Å². The van der Waals surface area contributed by atoms with Crippen molar-refractivity contribution in [3.8, 4) is 5.75 Å². The number of hydrogen-bond acceptors (Lipinski definition) is 3. The molecular formula is C19H26ClIN4O. The van der Waals surface area contributed by atoms with Crippen LogP contribution in [-0.4, -0.2) is 37.7 Å². The fraction of sp³-hybridized carbons (Fsp3) is 0.368. The molecule has 1 aromatic heterocycles. The first kappa shape index (κ1) is 22.5. The maximum Gasteiger partial charge on any atom is 0.191 e. The monoisotopic (exact) mass is 488 g/mol. The second-order valence-electron chi connectivity index (χ2n) is 5.84. The van der Waals surface area contributed by atoms with Crippen LogP contribution in [0.1, 0.15) is 16.7 Å². The molecule has 2 aromatic rings. The van der Waals surface area contributed by atoms with Gasteiger partial charge in [-0.1, -0.05) is 23.7 Å². The molecule has 0 aliphatic heterocycles.